The lowest BCUT2D eigenvalue weighted by Gasteiger charge is -2.42. The second-order valence-corrected chi connectivity index (χ2v) is 10.3. The topological polar surface area (TPSA) is 189 Å². The summed E-state index contributed by atoms with van der Waals surface area (Å²) in [7, 11) is 1.52. The van der Waals surface area contributed by atoms with Crippen molar-refractivity contribution in [3.05, 3.63) is 29.8 Å². The van der Waals surface area contributed by atoms with Crippen LogP contribution in [0.25, 0.3) is 0 Å². The smallest absolute Gasteiger partial charge is 0.248 e. The van der Waals surface area contributed by atoms with Gasteiger partial charge in [0.05, 0.1) is 19.3 Å². The van der Waals surface area contributed by atoms with E-state index in [1.165, 1.54) is 30.8 Å². The average molecular weight is 534 g/mol. The van der Waals surface area contributed by atoms with Crippen molar-refractivity contribution in [1.29, 1.82) is 0 Å². The molecule has 12 heteroatoms. The van der Waals surface area contributed by atoms with Gasteiger partial charge >= 0.3 is 0 Å². The maximum Gasteiger partial charge on any atom is 0.248 e. The van der Waals surface area contributed by atoms with Gasteiger partial charge < -0.3 is 41.5 Å². The largest absolute Gasteiger partial charge is 0.497 e. The van der Waals surface area contributed by atoms with Crippen LogP contribution in [0.3, 0.4) is 0 Å². The quantitative estimate of drug-likeness (QED) is 0.179. The monoisotopic (exact) mass is 533 g/mol. The Hall–Kier alpha value is -3.06. The Labute approximate surface area is 222 Å². The van der Waals surface area contributed by atoms with Crippen molar-refractivity contribution in [2.75, 3.05) is 20.2 Å². The number of rotatable bonds is 10. The lowest BCUT2D eigenvalue weighted by molar-refractivity contribution is -0.153. The molecule has 0 bridgehead atoms. The number of nitrogens with zero attached hydrogens (tertiary/aromatic N) is 2. The van der Waals surface area contributed by atoms with E-state index in [0.29, 0.717) is 37.1 Å². The fraction of sp³-hybridized carbons (Fsp3) is 0.615. The van der Waals surface area contributed by atoms with Crippen molar-refractivity contribution in [2.45, 2.75) is 81.4 Å². The molecule has 7 N–H and O–H groups in total. The number of benzene rings is 1. The zero-order chi connectivity index (χ0) is 28.3. The zero-order valence-electron chi connectivity index (χ0n) is 22.1. The van der Waals surface area contributed by atoms with Crippen LogP contribution in [0.4, 0.5) is 0 Å². The van der Waals surface area contributed by atoms with Gasteiger partial charge in [0.1, 0.15) is 23.4 Å². The van der Waals surface area contributed by atoms with Crippen LogP contribution in [-0.2, 0) is 25.6 Å². The molecule has 0 aliphatic carbocycles. The molecule has 210 valence electrons. The number of aldehydes is 1. The molecular weight excluding hydrogens is 494 g/mol. The molecule has 38 heavy (non-hydrogen) atoms. The fourth-order valence-corrected chi connectivity index (χ4v) is 5.23. The van der Waals surface area contributed by atoms with Crippen molar-refractivity contribution in [3.63, 3.8) is 0 Å². The highest BCUT2D eigenvalue weighted by Crippen LogP contribution is 2.36. The first-order chi connectivity index (χ1) is 17.9. The molecule has 0 saturated carbocycles. The molecule has 6 atom stereocenters. The summed E-state index contributed by atoms with van der Waals surface area (Å²) in [5.74, 6) is -1.07. The lowest BCUT2D eigenvalue weighted by Crippen LogP contribution is -2.70. The van der Waals surface area contributed by atoms with Gasteiger partial charge in [0, 0.05) is 19.5 Å². The number of aliphatic hydroxyl groups is 2. The van der Waals surface area contributed by atoms with Gasteiger partial charge in [-0.2, -0.15) is 0 Å². The standard InChI is InChI=1S/C26H39N5O7/c1-16(33)21(27)23(36)30-11-5-9-20(30)22(35)31-12-6-10-25(31,14-18-7-4-8-19(13-18)38-3)24(37)29-26(28,15-32)17(2)34/h4,7-8,13,15-17,20-21,33-34H,5-6,9-12,14,27-28H2,1-3H3,(H,29,37)/t16-,17-,20+,21+,25?,26-/m1/s1. The third-order valence-corrected chi connectivity index (χ3v) is 7.65. The first-order valence-electron chi connectivity index (χ1n) is 12.8. The molecular formula is C26H39N5O7. The third-order valence-electron chi connectivity index (χ3n) is 7.65. The van der Waals surface area contributed by atoms with Crippen LogP contribution in [0.15, 0.2) is 24.3 Å². The summed E-state index contributed by atoms with van der Waals surface area (Å²) < 4.78 is 5.32. The Bertz CT molecular complexity index is 1050. The maximum absolute atomic E-state index is 14.0. The molecule has 3 rings (SSSR count). The van der Waals surface area contributed by atoms with E-state index >= 15 is 0 Å². The molecule has 2 fully saturated rings. The fourth-order valence-electron chi connectivity index (χ4n) is 5.23. The first-order valence-corrected chi connectivity index (χ1v) is 12.8. The highest BCUT2D eigenvalue weighted by atomic mass is 16.5. The number of amides is 3. The number of likely N-dealkylation sites (tertiary alicyclic amines) is 2. The van der Waals surface area contributed by atoms with Gasteiger partial charge in [-0.25, -0.2) is 0 Å². The molecule has 3 amide bonds. The molecule has 0 radical (unpaired) electrons. The number of ether oxygens (including phenoxy) is 1. The summed E-state index contributed by atoms with van der Waals surface area (Å²) in [4.78, 5) is 55.5. The van der Waals surface area contributed by atoms with E-state index in [9.17, 15) is 29.4 Å². The van der Waals surface area contributed by atoms with Gasteiger partial charge in [-0.1, -0.05) is 12.1 Å². The second kappa shape index (κ2) is 11.8. The predicted octanol–water partition coefficient (Wildman–Crippen LogP) is -1.35. The van der Waals surface area contributed by atoms with Gasteiger partial charge in [0.15, 0.2) is 11.9 Å². The van der Waals surface area contributed by atoms with E-state index in [1.807, 2.05) is 0 Å². The number of methoxy groups -OCH3 is 1. The van der Waals surface area contributed by atoms with Gasteiger partial charge in [-0.15, -0.1) is 0 Å². The lowest BCUT2D eigenvalue weighted by atomic mass is 9.85. The third kappa shape index (κ3) is 5.68. The number of hydrogen-bond acceptors (Lipinski definition) is 9. The van der Waals surface area contributed by atoms with E-state index in [0.717, 1.165) is 0 Å². The van der Waals surface area contributed by atoms with Crippen LogP contribution in [-0.4, -0.2) is 99.7 Å². The average Bonchev–Trinajstić information content (AvgIpc) is 3.55. The van der Waals surface area contributed by atoms with E-state index < -0.39 is 53.2 Å². The Kier molecular flexibility index (Phi) is 9.13. The van der Waals surface area contributed by atoms with Crippen LogP contribution in [0.1, 0.15) is 45.1 Å². The number of carbonyl (C=O) groups is 4. The summed E-state index contributed by atoms with van der Waals surface area (Å²) in [6.45, 7) is 3.24. The van der Waals surface area contributed by atoms with Crippen molar-refractivity contribution in [1.82, 2.24) is 15.1 Å². The minimum Gasteiger partial charge on any atom is -0.497 e. The molecule has 1 aromatic carbocycles. The molecule has 2 aliphatic heterocycles. The molecule has 1 unspecified atom stereocenters. The second-order valence-electron chi connectivity index (χ2n) is 10.3. The highest BCUT2D eigenvalue weighted by molar-refractivity contribution is 5.97. The Morgan fingerprint density at radius 3 is 2.58 bits per heavy atom. The molecule has 0 aromatic heterocycles. The summed E-state index contributed by atoms with van der Waals surface area (Å²) in [5.41, 5.74) is 9.10. The summed E-state index contributed by atoms with van der Waals surface area (Å²) in [6, 6.07) is 5.05. The highest BCUT2D eigenvalue weighted by Gasteiger charge is 2.54. The van der Waals surface area contributed by atoms with Crippen molar-refractivity contribution < 1.29 is 34.1 Å². The molecule has 2 heterocycles. The molecule has 2 saturated heterocycles. The van der Waals surface area contributed by atoms with E-state index in [2.05, 4.69) is 5.32 Å². The number of nitrogens with two attached hydrogens (primary N) is 2. The van der Waals surface area contributed by atoms with E-state index in [-0.39, 0.29) is 25.7 Å². The normalized spacial score (nSPS) is 25.3. The van der Waals surface area contributed by atoms with Crippen LogP contribution in [0, 0.1) is 0 Å². The molecule has 12 nitrogen and oxygen atoms in total. The van der Waals surface area contributed by atoms with Crippen LogP contribution in [0.2, 0.25) is 0 Å². The van der Waals surface area contributed by atoms with Gasteiger partial charge in [0.2, 0.25) is 17.7 Å². The van der Waals surface area contributed by atoms with Crippen LogP contribution in [0.5, 0.6) is 5.75 Å². The minimum absolute atomic E-state index is 0.0877. The van der Waals surface area contributed by atoms with Crippen molar-refractivity contribution >= 4 is 24.0 Å². The van der Waals surface area contributed by atoms with Gasteiger partial charge in [-0.05, 0) is 57.2 Å². The number of hydrogen-bond donors (Lipinski definition) is 5. The van der Waals surface area contributed by atoms with E-state index in [1.54, 1.807) is 24.3 Å². The zero-order valence-corrected chi connectivity index (χ0v) is 22.1. The van der Waals surface area contributed by atoms with E-state index in [4.69, 9.17) is 16.2 Å². The summed E-state index contributed by atoms with van der Waals surface area (Å²) >= 11 is 0. The summed E-state index contributed by atoms with van der Waals surface area (Å²) in [5, 5.41) is 22.4. The summed E-state index contributed by atoms with van der Waals surface area (Å²) in [6.07, 6.45) is -0.424. The molecule has 0 spiro atoms. The molecule has 1 aromatic rings. The van der Waals surface area contributed by atoms with Gasteiger partial charge in [-0.3, -0.25) is 19.2 Å². The van der Waals surface area contributed by atoms with Crippen molar-refractivity contribution in [2.24, 2.45) is 11.5 Å². The van der Waals surface area contributed by atoms with Crippen molar-refractivity contribution in [3.8, 4) is 5.75 Å². The Morgan fingerprint density at radius 1 is 1.26 bits per heavy atom. The number of nitrogens with one attached hydrogen (secondary N) is 1. The first kappa shape index (κ1) is 29.5. The number of carbonyl (C=O) groups excluding carboxylic acids is 4. The SMILES string of the molecule is COc1cccc(CC2(C(=O)N[C@](N)(C=O)[C@@H](C)O)CCCN2C(=O)[C@@H]2CCCN2C(=O)[C@@H](N)[C@@H](C)O)c1. The number of aliphatic hydroxyl groups excluding tert-OH is 2. The van der Waals surface area contributed by atoms with Crippen LogP contribution < -0.4 is 21.5 Å². The maximum atomic E-state index is 14.0. The predicted molar refractivity (Wildman–Crippen MR) is 138 cm³/mol. The van der Waals surface area contributed by atoms with Crippen LogP contribution >= 0.6 is 0 Å². The molecule has 2 aliphatic rings. The minimum atomic E-state index is -2.06. The Morgan fingerprint density at radius 2 is 1.97 bits per heavy atom. The van der Waals surface area contributed by atoms with Gasteiger partial charge in [0.25, 0.3) is 0 Å². The Balaban J connectivity index is 2.01.